The summed E-state index contributed by atoms with van der Waals surface area (Å²) in [6.45, 7) is 6.10. The largest absolute Gasteiger partial charge is 0.462 e. The average Bonchev–Trinajstić information content (AvgIpc) is 3.11. The van der Waals surface area contributed by atoms with Gasteiger partial charge in [-0.2, -0.15) is 13.2 Å². The Kier molecular flexibility index (Phi) is 7.20. The lowest BCUT2D eigenvalue weighted by Crippen LogP contribution is -2.40. The maximum atomic E-state index is 13.8. The molecule has 184 valence electrons. The van der Waals surface area contributed by atoms with Crippen LogP contribution in [0.4, 0.5) is 17.6 Å². The lowest BCUT2D eigenvalue weighted by molar-refractivity contribution is -0.144. The zero-order valence-corrected chi connectivity index (χ0v) is 19.3. The first-order chi connectivity index (χ1) is 16.2. The standard InChI is InChI=1S/C14H12F3N.C13H19FO2/c1-2-13-7-6-11(9-18-13)10-4-3-5-12(8-10)14(15,16)17;1-7-9-5-8-3-2-4-12(14)10(8)6-11(9)13(15)16-7/h2-8,18H,1,9H2;7-12H,2-6H2,1H3. The third kappa shape index (κ3) is 5.23. The summed E-state index contributed by atoms with van der Waals surface area (Å²) in [5, 5.41) is 3.07. The van der Waals surface area contributed by atoms with E-state index in [1.165, 1.54) is 12.1 Å². The second-order valence-corrected chi connectivity index (χ2v) is 9.70. The van der Waals surface area contributed by atoms with Gasteiger partial charge < -0.3 is 10.1 Å². The summed E-state index contributed by atoms with van der Waals surface area (Å²) >= 11 is 0. The molecule has 5 rings (SSSR count). The Labute approximate surface area is 197 Å². The van der Waals surface area contributed by atoms with Crippen molar-refractivity contribution in [1.82, 2.24) is 5.32 Å². The molecule has 0 bridgehead atoms. The smallest absolute Gasteiger partial charge is 0.416 e. The van der Waals surface area contributed by atoms with E-state index in [0.717, 1.165) is 43.0 Å². The summed E-state index contributed by atoms with van der Waals surface area (Å²) in [6, 6.07) is 5.34. The van der Waals surface area contributed by atoms with Crippen LogP contribution in [0, 0.1) is 23.7 Å². The maximum absolute atomic E-state index is 13.8. The van der Waals surface area contributed by atoms with Crippen molar-refractivity contribution in [3.63, 3.8) is 0 Å². The Balaban J connectivity index is 0.000000162. The third-order valence-corrected chi connectivity index (χ3v) is 7.68. The minimum absolute atomic E-state index is 0.00685. The van der Waals surface area contributed by atoms with E-state index >= 15 is 0 Å². The highest BCUT2D eigenvalue weighted by molar-refractivity contribution is 5.75. The van der Waals surface area contributed by atoms with Gasteiger partial charge in [-0.1, -0.05) is 31.2 Å². The van der Waals surface area contributed by atoms with Gasteiger partial charge in [0.1, 0.15) is 12.3 Å². The van der Waals surface area contributed by atoms with E-state index < -0.39 is 17.9 Å². The van der Waals surface area contributed by atoms with Gasteiger partial charge in [-0.25, -0.2) is 4.39 Å². The molecule has 2 aliphatic heterocycles. The van der Waals surface area contributed by atoms with E-state index in [-0.39, 0.29) is 23.9 Å². The van der Waals surface area contributed by atoms with Gasteiger partial charge in [0.15, 0.2) is 0 Å². The van der Waals surface area contributed by atoms with Crippen LogP contribution in [0.1, 0.15) is 50.2 Å². The summed E-state index contributed by atoms with van der Waals surface area (Å²) in [4.78, 5) is 11.7. The highest BCUT2D eigenvalue weighted by atomic mass is 19.4. The molecule has 1 saturated heterocycles. The Hall–Kier alpha value is -2.57. The lowest BCUT2D eigenvalue weighted by atomic mass is 9.62. The maximum Gasteiger partial charge on any atom is 0.416 e. The molecule has 2 aliphatic carbocycles. The number of esters is 1. The van der Waals surface area contributed by atoms with Crippen LogP contribution in [-0.4, -0.2) is 24.8 Å². The number of rotatable bonds is 2. The molecule has 7 heteroatoms. The minimum atomic E-state index is -4.30. The van der Waals surface area contributed by atoms with E-state index in [0.29, 0.717) is 30.4 Å². The number of fused-ring (bicyclic) bond motifs is 2. The first-order valence-electron chi connectivity index (χ1n) is 12.0. The molecule has 6 atom stereocenters. The van der Waals surface area contributed by atoms with Crippen LogP contribution in [0.2, 0.25) is 0 Å². The number of halogens is 4. The predicted octanol–water partition coefficient (Wildman–Crippen LogP) is 6.47. The monoisotopic (exact) mass is 477 g/mol. The van der Waals surface area contributed by atoms with Crippen LogP contribution in [0.3, 0.4) is 0 Å². The molecule has 3 nitrogen and oxygen atoms in total. The number of cyclic esters (lactones) is 1. The van der Waals surface area contributed by atoms with Gasteiger partial charge in [0.2, 0.25) is 0 Å². The number of nitrogens with one attached hydrogen (secondary N) is 1. The Morgan fingerprint density at radius 1 is 1.15 bits per heavy atom. The molecular formula is C27H31F4NO2. The highest BCUT2D eigenvalue weighted by Crippen LogP contribution is 2.50. The minimum Gasteiger partial charge on any atom is -0.462 e. The molecule has 0 radical (unpaired) electrons. The molecule has 6 unspecified atom stereocenters. The number of carbonyl (C=O) groups is 1. The molecule has 2 saturated carbocycles. The summed E-state index contributed by atoms with van der Waals surface area (Å²) in [5.41, 5.74) is 1.65. The van der Waals surface area contributed by atoms with Crippen molar-refractivity contribution < 1.29 is 27.1 Å². The summed E-state index contributed by atoms with van der Waals surface area (Å²) < 4.78 is 56.9. The fourth-order valence-electron chi connectivity index (χ4n) is 5.80. The third-order valence-electron chi connectivity index (χ3n) is 7.68. The molecule has 1 aromatic rings. The molecule has 0 amide bonds. The van der Waals surface area contributed by atoms with Crippen LogP contribution in [0.15, 0.2) is 54.8 Å². The number of hydrogen-bond donors (Lipinski definition) is 1. The van der Waals surface area contributed by atoms with Crippen molar-refractivity contribution in [2.24, 2.45) is 23.7 Å². The fourth-order valence-corrected chi connectivity index (χ4v) is 5.80. The highest BCUT2D eigenvalue weighted by Gasteiger charge is 2.51. The quantitative estimate of drug-likeness (QED) is 0.392. The van der Waals surface area contributed by atoms with Gasteiger partial charge in [-0.05, 0) is 79.9 Å². The first-order valence-corrected chi connectivity index (χ1v) is 12.0. The molecule has 1 N–H and O–H groups in total. The number of benzene rings is 1. The van der Waals surface area contributed by atoms with Crippen molar-refractivity contribution in [3.8, 4) is 0 Å². The number of carbonyl (C=O) groups excluding carboxylic acids is 1. The van der Waals surface area contributed by atoms with Gasteiger partial charge in [0.05, 0.1) is 11.5 Å². The van der Waals surface area contributed by atoms with Gasteiger partial charge in [-0.3, -0.25) is 4.79 Å². The fraction of sp³-hybridized carbons (Fsp3) is 0.519. The molecule has 4 aliphatic rings. The van der Waals surface area contributed by atoms with Crippen molar-refractivity contribution in [2.45, 2.75) is 57.5 Å². The van der Waals surface area contributed by atoms with Crippen molar-refractivity contribution >= 4 is 11.5 Å². The normalized spacial score (nSPS) is 32.6. The molecular weight excluding hydrogens is 446 g/mol. The van der Waals surface area contributed by atoms with Crippen molar-refractivity contribution in [3.05, 3.63) is 65.9 Å². The first kappa shape index (κ1) is 24.6. The van der Waals surface area contributed by atoms with E-state index in [4.69, 9.17) is 4.74 Å². The number of hydrogen-bond acceptors (Lipinski definition) is 3. The van der Waals surface area contributed by atoms with Gasteiger partial charge >= 0.3 is 12.1 Å². The lowest BCUT2D eigenvalue weighted by Gasteiger charge is -2.42. The molecule has 1 aromatic carbocycles. The predicted molar refractivity (Wildman–Crippen MR) is 123 cm³/mol. The average molecular weight is 478 g/mol. The Morgan fingerprint density at radius 3 is 2.62 bits per heavy atom. The molecule has 3 fully saturated rings. The van der Waals surface area contributed by atoms with Crippen LogP contribution >= 0.6 is 0 Å². The van der Waals surface area contributed by atoms with Crippen LogP contribution < -0.4 is 5.32 Å². The number of allylic oxidation sites excluding steroid dienone is 3. The van der Waals surface area contributed by atoms with E-state index in [1.54, 1.807) is 18.2 Å². The summed E-state index contributed by atoms with van der Waals surface area (Å²) in [7, 11) is 0. The van der Waals surface area contributed by atoms with Crippen molar-refractivity contribution in [1.29, 1.82) is 0 Å². The van der Waals surface area contributed by atoms with Crippen molar-refractivity contribution in [2.75, 3.05) is 6.54 Å². The molecule has 2 heterocycles. The summed E-state index contributed by atoms with van der Waals surface area (Å²) in [5.74, 6) is 0.912. The van der Waals surface area contributed by atoms with Gasteiger partial charge in [-0.15, -0.1) is 0 Å². The van der Waals surface area contributed by atoms with E-state index in [2.05, 4.69) is 11.9 Å². The molecule has 0 aromatic heterocycles. The number of ether oxygens (including phenoxy) is 1. The second-order valence-electron chi connectivity index (χ2n) is 9.70. The Morgan fingerprint density at radius 2 is 1.94 bits per heavy atom. The number of alkyl halides is 4. The molecule has 0 spiro atoms. The summed E-state index contributed by atoms with van der Waals surface area (Å²) in [6.07, 6.45) is 4.95. The van der Waals surface area contributed by atoms with Crippen LogP contribution in [0.25, 0.3) is 5.57 Å². The van der Waals surface area contributed by atoms with E-state index in [1.807, 2.05) is 13.0 Å². The zero-order chi connectivity index (χ0) is 24.5. The Bertz CT molecular complexity index is 983. The van der Waals surface area contributed by atoms with Crippen LogP contribution in [-0.2, 0) is 15.7 Å². The van der Waals surface area contributed by atoms with Gasteiger partial charge in [0, 0.05) is 18.2 Å². The van der Waals surface area contributed by atoms with E-state index in [9.17, 15) is 22.4 Å². The van der Waals surface area contributed by atoms with Crippen LogP contribution in [0.5, 0.6) is 0 Å². The zero-order valence-electron chi connectivity index (χ0n) is 19.3. The molecule has 34 heavy (non-hydrogen) atoms. The SMILES string of the molecule is C=CC1=CC=C(c2cccc(C(F)(F)F)c2)CN1.CC1OC(=O)C2CC3C(F)CCCC3CC12. The number of dihydropyridines is 1. The van der Waals surface area contributed by atoms with Gasteiger partial charge in [0.25, 0.3) is 0 Å². The topological polar surface area (TPSA) is 38.3 Å². The second kappa shape index (κ2) is 9.96.